The molecule has 0 saturated carbocycles. The van der Waals surface area contributed by atoms with Crippen molar-refractivity contribution in [1.29, 1.82) is 10.5 Å². The van der Waals surface area contributed by atoms with Gasteiger partial charge in [-0.15, -0.1) is 0 Å². The van der Waals surface area contributed by atoms with Gasteiger partial charge in [0.1, 0.15) is 12.6 Å². The molecule has 0 fully saturated rings. The molecule has 0 aromatic heterocycles. The lowest BCUT2D eigenvalue weighted by molar-refractivity contribution is -0.123. The van der Waals surface area contributed by atoms with Crippen molar-refractivity contribution in [2.24, 2.45) is 5.92 Å². The van der Waals surface area contributed by atoms with Crippen LogP contribution in [-0.4, -0.2) is 18.5 Å². The van der Waals surface area contributed by atoms with Crippen LogP contribution in [0.25, 0.3) is 0 Å². The largest absolute Gasteiger partial charge is 0.342 e. The fraction of sp³-hybridized carbons (Fsp3) is 0.438. The first-order chi connectivity index (χ1) is 10.5. The molecule has 0 bridgehead atoms. The molecule has 2 N–H and O–H groups in total. The lowest BCUT2D eigenvalue weighted by atomic mass is 10.0. The Morgan fingerprint density at radius 3 is 2.41 bits per heavy atom. The van der Waals surface area contributed by atoms with Gasteiger partial charge in [-0.3, -0.25) is 10.1 Å². The zero-order valence-electron chi connectivity index (χ0n) is 12.6. The van der Waals surface area contributed by atoms with Gasteiger partial charge in [0.05, 0.1) is 18.2 Å². The lowest BCUT2D eigenvalue weighted by Crippen LogP contribution is -2.46. The molecule has 22 heavy (non-hydrogen) atoms. The molecule has 0 heterocycles. The SMILES string of the molecule is CC(C)C[C@H](NC(C#N)c1ccc(Br)cc1)C(=O)NCC#N. The average molecular weight is 363 g/mol. The molecule has 1 aromatic rings. The molecule has 0 spiro atoms. The molecule has 0 aliphatic rings. The van der Waals surface area contributed by atoms with Crippen molar-refractivity contribution in [2.75, 3.05) is 6.54 Å². The number of nitrogens with one attached hydrogen (secondary N) is 2. The van der Waals surface area contributed by atoms with Gasteiger partial charge < -0.3 is 5.32 Å². The first-order valence-electron chi connectivity index (χ1n) is 7.03. The van der Waals surface area contributed by atoms with Crippen LogP contribution in [0.15, 0.2) is 28.7 Å². The zero-order valence-corrected chi connectivity index (χ0v) is 14.2. The summed E-state index contributed by atoms with van der Waals surface area (Å²) in [6.45, 7) is 3.98. The Balaban J connectivity index is 2.85. The monoisotopic (exact) mass is 362 g/mol. The van der Waals surface area contributed by atoms with Gasteiger partial charge in [0.2, 0.25) is 5.91 Å². The Morgan fingerprint density at radius 1 is 1.27 bits per heavy atom. The molecular formula is C16H19BrN4O. The molecule has 0 saturated heterocycles. The summed E-state index contributed by atoms with van der Waals surface area (Å²) < 4.78 is 0.929. The Morgan fingerprint density at radius 2 is 1.91 bits per heavy atom. The van der Waals surface area contributed by atoms with Crippen LogP contribution in [0.3, 0.4) is 0 Å². The summed E-state index contributed by atoms with van der Waals surface area (Å²) in [5.74, 6) is 0.0298. The maximum Gasteiger partial charge on any atom is 0.238 e. The molecule has 0 aliphatic heterocycles. The second-order valence-corrected chi connectivity index (χ2v) is 6.25. The molecule has 2 atom stereocenters. The third-order valence-electron chi connectivity index (χ3n) is 3.07. The quantitative estimate of drug-likeness (QED) is 0.729. The predicted molar refractivity (Wildman–Crippen MR) is 87.5 cm³/mol. The number of nitrogens with zero attached hydrogens (tertiary/aromatic N) is 2. The van der Waals surface area contributed by atoms with Crippen LogP contribution < -0.4 is 10.6 Å². The average Bonchev–Trinajstić information content (AvgIpc) is 2.49. The molecule has 1 rings (SSSR count). The molecular weight excluding hydrogens is 344 g/mol. The van der Waals surface area contributed by atoms with Gasteiger partial charge in [0.15, 0.2) is 0 Å². The van der Waals surface area contributed by atoms with Crippen molar-refractivity contribution >= 4 is 21.8 Å². The van der Waals surface area contributed by atoms with Gasteiger partial charge in [0.25, 0.3) is 0 Å². The number of nitriles is 2. The predicted octanol–water partition coefficient (Wildman–Crippen LogP) is 2.66. The van der Waals surface area contributed by atoms with E-state index in [1.807, 2.05) is 44.2 Å². The van der Waals surface area contributed by atoms with Crippen LogP contribution in [0.2, 0.25) is 0 Å². The standard InChI is InChI=1S/C16H19BrN4O/c1-11(2)9-14(16(22)20-8-7-18)21-15(10-19)12-3-5-13(17)6-4-12/h3-6,11,14-15,21H,8-9H2,1-2H3,(H,20,22)/t14-,15?/m0/s1. The third kappa shape index (κ3) is 5.85. The highest BCUT2D eigenvalue weighted by Gasteiger charge is 2.23. The number of amides is 1. The topological polar surface area (TPSA) is 88.7 Å². The van der Waals surface area contributed by atoms with E-state index in [0.29, 0.717) is 6.42 Å². The number of hydrogen-bond donors (Lipinski definition) is 2. The highest BCUT2D eigenvalue weighted by atomic mass is 79.9. The van der Waals surface area contributed by atoms with Crippen LogP contribution in [0.1, 0.15) is 31.9 Å². The Bertz CT molecular complexity index is 571. The Kier molecular flexibility index (Phi) is 7.59. The third-order valence-corrected chi connectivity index (χ3v) is 3.59. The van der Waals surface area contributed by atoms with Crippen molar-refractivity contribution < 1.29 is 4.79 Å². The lowest BCUT2D eigenvalue weighted by Gasteiger charge is -2.22. The number of halogens is 1. The molecule has 5 nitrogen and oxygen atoms in total. The van der Waals surface area contributed by atoms with E-state index in [1.54, 1.807) is 0 Å². The van der Waals surface area contributed by atoms with Crippen LogP contribution in [0.5, 0.6) is 0 Å². The minimum absolute atomic E-state index is 0.0371. The van der Waals surface area contributed by atoms with E-state index in [4.69, 9.17) is 5.26 Å². The highest BCUT2D eigenvalue weighted by Crippen LogP contribution is 2.18. The maximum absolute atomic E-state index is 12.1. The fourth-order valence-corrected chi connectivity index (χ4v) is 2.30. The van der Waals surface area contributed by atoms with Crippen LogP contribution >= 0.6 is 15.9 Å². The minimum Gasteiger partial charge on any atom is -0.342 e. The van der Waals surface area contributed by atoms with Crippen LogP contribution in [0.4, 0.5) is 0 Å². The van der Waals surface area contributed by atoms with Crippen molar-refractivity contribution in [2.45, 2.75) is 32.4 Å². The van der Waals surface area contributed by atoms with E-state index < -0.39 is 12.1 Å². The number of rotatable bonds is 7. The van der Waals surface area contributed by atoms with Crippen LogP contribution in [-0.2, 0) is 4.79 Å². The summed E-state index contributed by atoms with van der Waals surface area (Å²) in [4.78, 5) is 12.1. The molecule has 1 amide bonds. The van der Waals surface area contributed by atoms with E-state index in [-0.39, 0.29) is 18.4 Å². The van der Waals surface area contributed by atoms with E-state index in [9.17, 15) is 10.1 Å². The van der Waals surface area contributed by atoms with Crippen molar-refractivity contribution in [3.05, 3.63) is 34.3 Å². The second kappa shape index (κ2) is 9.19. The van der Waals surface area contributed by atoms with Gasteiger partial charge in [-0.25, -0.2) is 0 Å². The summed E-state index contributed by atoms with van der Waals surface area (Å²) in [5, 5.41) is 23.6. The van der Waals surface area contributed by atoms with Crippen LogP contribution in [0, 0.1) is 28.6 Å². The van der Waals surface area contributed by atoms with Gasteiger partial charge in [-0.2, -0.15) is 10.5 Å². The summed E-state index contributed by atoms with van der Waals surface area (Å²) in [6.07, 6.45) is 0.589. The number of benzene rings is 1. The fourth-order valence-electron chi connectivity index (χ4n) is 2.04. The molecule has 1 unspecified atom stereocenters. The molecule has 6 heteroatoms. The van der Waals surface area contributed by atoms with Gasteiger partial charge in [-0.05, 0) is 30.0 Å². The summed E-state index contributed by atoms with van der Waals surface area (Å²) >= 11 is 3.35. The van der Waals surface area contributed by atoms with Gasteiger partial charge in [0, 0.05) is 4.47 Å². The number of carbonyl (C=O) groups excluding carboxylic acids is 1. The van der Waals surface area contributed by atoms with E-state index >= 15 is 0 Å². The second-order valence-electron chi connectivity index (χ2n) is 5.34. The van der Waals surface area contributed by atoms with Crippen molar-refractivity contribution in [3.8, 4) is 12.1 Å². The number of hydrogen-bond acceptors (Lipinski definition) is 4. The summed E-state index contributed by atoms with van der Waals surface area (Å²) in [6, 6.07) is 10.4. The van der Waals surface area contributed by atoms with Crippen molar-refractivity contribution in [3.63, 3.8) is 0 Å². The molecule has 1 aromatic carbocycles. The summed E-state index contributed by atoms with van der Waals surface area (Å²) in [7, 11) is 0. The Labute approximate surface area is 139 Å². The van der Waals surface area contributed by atoms with Crippen molar-refractivity contribution in [1.82, 2.24) is 10.6 Å². The first-order valence-corrected chi connectivity index (χ1v) is 7.83. The number of carbonyl (C=O) groups is 1. The minimum atomic E-state index is -0.579. The van der Waals surface area contributed by atoms with E-state index in [1.165, 1.54) is 0 Å². The van der Waals surface area contributed by atoms with Gasteiger partial charge in [-0.1, -0.05) is 41.9 Å². The normalized spacial score (nSPS) is 13.0. The van der Waals surface area contributed by atoms with E-state index in [2.05, 4.69) is 32.6 Å². The molecule has 116 valence electrons. The smallest absolute Gasteiger partial charge is 0.238 e. The highest BCUT2D eigenvalue weighted by molar-refractivity contribution is 9.10. The van der Waals surface area contributed by atoms with Gasteiger partial charge >= 0.3 is 0 Å². The molecule has 0 aliphatic carbocycles. The van der Waals surface area contributed by atoms with E-state index in [0.717, 1.165) is 10.0 Å². The first kappa shape index (κ1) is 18.2. The summed E-state index contributed by atoms with van der Waals surface area (Å²) in [5.41, 5.74) is 0.799. The Hall–Kier alpha value is -1.89. The molecule has 0 radical (unpaired) electrons. The zero-order chi connectivity index (χ0) is 16.5. The maximum atomic E-state index is 12.1.